The van der Waals surface area contributed by atoms with Crippen LogP contribution in [0.15, 0.2) is 60.7 Å². The highest BCUT2D eigenvalue weighted by molar-refractivity contribution is 5.99. The number of aryl methyl sites for hydroxylation is 1. The van der Waals surface area contributed by atoms with Crippen LogP contribution in [0, 0.1) is 12.8 Å². The summed E-state index contributed by atoms with van der Waals surface area (Å²) in [5, 5.41) is 17.0. The van der Waals surface area contributed by atoms with Crippen LogP contribution >= 0.6 is 0 Å². The minimum atomic E-state index is -1.02. The van der Waals surface area contributed by atoms with Crippen LogP contribution in [0.1, 0.15) is 34.5 Å². The van der Waals surface area contributed by atoms with Crippen LogP contribution in [0.2, 0.25) is 0 Å². The van der Waals surface area contributed by atoms with Crippen LogP contribution in [-0.2, 0) is 4.79 Å². The van der Waals surface area contributed by atoms with E-state index in [1.54, 1.807) is 18.2 Å². The van der Waals surface area contributed by atoms with Gasteiger partial charge in [-0.2, -0.15) is 0 Å². The molecule has 7 heteroatoms. The van der Waals surface area contributed by atoms with Crippen molar-refractivity contribution in [2.45, 2.75) is 19.9 Å². The van der Waals surface area contributed by atoms with Gasteiger partial charge >= 0.3 is 6.09 Å². The lowest BCUT2D eigenvalue weighted by atomic mass is 9.98. The highest BCUT2D eigenvalue weighted by atomic mass is 16.4. The summed E-state index contributed by atoms with van der Waals surface area (Å²) in [6.07, 6.45) is -1.02. The first-order valence-electron chi connectivity index (χ1n) is 10.5. The van der Waals surface area contributed by atoms with Crippen molar-refractivity contribution in [3.63, 3.8) is 0 Å². The first-order chi connectivity index (χ1) is 15.3. The number of nitrogens with one attached hydrogen (secondary N) is 2. The fourth-order valence-electron chi connectivity index (χ4n) is 3.97. The Morgan fingerprint density at radius 2 is 1.75 bits per heavy atom. The maximum atomic E-state index is 13.0. The van der Waals surface area contributed by atoms with Gasteiger partial charge in [-0.1, -0.05) is 48.5 Å². The fourth-order valence-corrected chi connectivity index (χ4v) is 3.97. The second-order valence-corrected chi connectivity index (χ2v) is 8.17. The normalized spacial score (nSPS) is 14.5. The molecule has 32 heavy (non-hydrogen) atoms. The average Bonchev–Trinajstić information content (AvgIpc) is 2.73. The molecule has 3 aromatic carbocycles. The van der Waals surface area contributed by atoms with Crippen molar-refractivity contribution in [1.29, 1.82) is 0 Å². The SMILES string of the molecule is Cc1ccc(NC(=O)C2CN(C(=O)O)C2)cc1C(=O)N[C@H](C)c1cccc2ccccc12. The van der Waals surface area contributed by atoms with Crippen LogP contribution in [0.5, 0.6) is 0 Å². The molecule has 164 valence electrons. The number of rotatable bonds is 5. The van der Waals surface area contributed by atoms with E-state index in [0.717, 1.165) is 21.9 Å². The summed E-state index contributed by atoms with van der Waals surface area (Å²) in [4.78, 5) is 37.5. The van der Waals surface area contributed by atoms with E-state index in [1.165, 1.54) is 4.90 Å². The summed E-state index contributed by atoms with van der Waals surface area (Å²) in [6.45, 7) is 4.16. The Kier molecular flexibility index (Phi) is 5.81. The van der Waals surface area contributed by atoms with E-state index in [1.807, 2.05) is 56.3 Å². The monoisotopic (exact) mass is 431 g/mol. The molecule has 4 rings (SSSR count). The predicted molar refractivity (Wildman–Crippen MR) is 123 cm³/mol. The van der Waals surface area contributed by atoms with Gasteiger partial charge in [0.05, 0.1) is 12.0 Å². The van der Waals surface area contributed by atoms with Crippen LogP contribution < -0.4 is 10.6 Å². The number of likely N-dealkylation sites (tertiary alicyclic amines) is 1. The Morgan fingerprint density at radius 1 is 1.03 bits per heavy atom. The lowest BCUT2D eigenvalue weighted by Crippen LogP contribution is -2.53. The quantitative estimate of drug-likeness (QED) is 0.564. The molecular weight excluding hydrogens is 406 g/mol. The molecule has 1 saturated heterocycles. The molecule has 0 bridgehead atoms. The molecule has 1 aliphatic heterocycles. The number of fused-ring (bicyclic) bond motifs is 1. The Balaban J connectivity index is 1.46. The fraction of sp³-hybridized carbons (Fsp3) is 0.240. The molecule has 1 aliphatic rings. The molecule has 0 spiro atoms. The van der Waals surface area contributed by atoms with Gasteiger partial charge in [0.1, 0.15) is 0 Å². The summed E-state index contributed by atoms with van der Waals surface area (Å²) in [7, 11) is 0. The van der Waals surface area contributed by atoms with Crippen molar-refractivity contribution in [1.82, 2.24) is 10.2 Å². The van der Waals surface area contributed by atoms with Gasteiger partial charge < -0.3 is 20.6 Å². The molecule has 7 nitrogen and oxygen atoms in total. The number of anilines is 1. The molecule has 3 aromatic rings. The van der Waals surface area contributed by atoms with Gasteiger partial charge in [-0.25, -0.2) is 4.79 Å². The molecular formula is C25H25N3O4. The Morgan fingerprint density at radius 3 is 2.50 bits per heavy atom. The number of benzene rings is 3. The van der Waals surface area contributed by atoms with Crippen LogP contribution in [0.3, 0.4) is 0 Å². The molecule has 0 unspecified atom stereocenters. The van der Waals surface area contributed by atoms with Gasteiger partial charge in [0, 0.05) is 24.3 Å². The second kappa shape index (κ2) is 8.70. The van der Waals surface area contributed by atoms with E-state index < -0.39 is 6.09 Å². The van der Waals surface area contributed by atoms with Crippen molar-refractivity contribution in [2.75, 3.05) is 18.4 Å². The molecule has 0 aliphatic carbocycles. The number of amides is 3. The lowest BCUT2D eigenvalue weighted by molar-refractivity contribution is -0.123. The third-order valence-corrected chi connectivity index (χ3v) is 5.91. The average molecular weight is 431 g/mol. The summed E-state index contributed by atoms with van der Waals surface area (Å²) in [5.74, 6) is -0.849. The number of nitrogens with zero attached hydrogens (tertiary/aromatic N) is 1. The zero-order chi connectivity index (χ0) is 22.8. The molecule has 3 N–H and O–H groups in total. The summed E-state index contributed by atoms with van der Waals surface area (Å²) >= 11 is 0. The Labute approximate surface area is 186 Å². The van der Waals surface area contributed by atoms with E-state index >= 15 is 0 Å². The van der Waals surface area contributed by atoms with Crippen molar-refractivity contribution in [3.8, 4) is 0 Å². The third-order valence-electron chi connectivity index (χ3n) is 5.91. The van der Waals surface area contributed by atoms with Crippen molar-refractivity contribution in [2.24, 2.45) is 5.92 Å². The Bertz CT molecular complexity index is 1200. The molecule has 1 heterocycles. The van der Waals surface area contributed by atoms with Gasteiger partial charge in [-0.15, -0.1) is 0 Å². The first kappa shape index (κ1) is 21.4. The molecule has 0 radical (unpaired) electrons. The van der Waals surface area contributed by atoms with Gasteiger partial charge in [0.25, 0.3) is 5.91 Å². The van der Waals surface area contributed by atoms with Gasteiger partial charge in [0.15, 0.2) is 0 Å². The van der Waals surface area contributed by atoms with Crippen LogP contribution in [0.4, 0.5) is 10.5 Å². The first-order valence-corrected chi connectivity index (χ1v) is 10.5. The molecule has 0 saturated carbocycles. The van der Waals surface area contributed by atoms with E-state index in [-0.39, 0.29) is 36.9 Å². The minimum Gasteiger partial charge on any atom is -0.465 e. The molecule has 1 fully saturated rings. The zero-order valence-corrected chi connectivity index (χ0v) is 18.0. The third kappa shape index (κ3) is 4.27. The predicted octanol–water partition coefficient (Wildman–Crippen LogP) is 4.19. The summed E-state index contributed by atoms with van der Waals surface area (Å²) in [5.41, 5.74) is 2.82. The number of carboxylic acid groups (broad SMARTS) is 1. The number of carbonyl (C=O) groups excluding carboxylic acids is 2. The van der Waals surface area contributed by atoms with Gasteiger partial charge in [-0.05, 0) is 47.9 Å². The Hall–Kier alpha value is -3.87. The van der Waals surface area contributed by atoms with Crippen LogP contribution in [0.25, 0.3) is 10.8 Å². The van der Waals surface area contributed by atoms with E-state index in [0.29, 0.717) is 11.3 Å². The number of carbonyl (C=O) groups is 3. The summed E-state index contributed by atoms with van der Waals surface area (Å²) < 4.78 is 0. The minimum absolute atomic E-state index is 0.183. The second-order valence-electron chi connectivity index (χ2n) is 8.17. The maximum Gasteiger partial charge on any atom is 0.407 e. The standard InChI is InChI=1S/C25H25N3O4/c1-15-10-11-19(27-23(29)18-13-28(14-18)25(31)32)12-22(15)24(30)26-16(2)20-9-5-7-17-6-3-4-8-21(17)20/h3-12,16,18H,13-14H2,1-2H3,(H,26,30)(H,27,29)(H,31,32)/t16-/m1/s1. The van der Waals surface area contributed by atoms with Gasteiger partial charge in [0.2, 0.25) is 5.91 Å². The molecule has 3 amide bonds. The van der Waals surface area contributed by atoms with Crippen molar-refractivity contribution >= 4 is 34.4 Å². The van der Waals surface area contributed by atoms with Gasteiger partial charge in [-0.3, -0.25) is 9.59 Å². The van der Waals surface area contributed by atoms with Crippen molar-refractivity contribution in [3.05, 3.63) is 77.4 Å². The summed E-state index contributed by atoms with van der Waals surface area (Å²) in [6, 6.07) is 19.1. The van der Waals surface area contributed by atoms with E-state index in [9.17, 15) is 14.4 Å². The van der Waals surface area contributed by atoms with Crippen molar-refractivity contribution < 1.29 is 19.5 Å². The number of hydrogen-bond acceptors (Lipinski definition) is 3. The smallest absolute Gasteiger partial charge is 0.407 e. The largest absolute Gasteiger partial charge is 0.465 e. The highest BCUT2D eigenvalue weighted by Crippen LogP contribution is 2.25. The molecule has 0 aromatic heterocycles. The lowest BCUT2D eigenvalue weighted by Gasteiger charge is -2.35. The highest BCUT2D eigenvalue weighted by Gasteiger charge is 2.35. The number of hydrogen-bond donors (Lipinski definition) is 3. The van der Waals surface area contributed by atoms with E-state index in [2.05, 4.69) is 10.6 Å². The zero-order valence-electron chi connectivity index (χ0n) is 18.0. The molecule has 1 atom stereocenters. The van der Waals surface area contributed by atoms with Crippen LogP contribution in [-0.4, -0.2) is 41.0 Å². The maximum absolute atomic E-state index is 13.0. The van der Waals surface area contributed by atoms with E-state index in [4.69, 9.17) is 5.11 Å². The topological polar surface area (TPSA) is 98.7 Å².